The molecule has 2 aliphatic rings. The van der Waals surface area contributed by atoms with E-state index in [0.717, 1.165) is 11.1 Å². The molecule has 0 radical (unpaired) electrons. The highest BCUT2D eigenvalue weighted by Crippen LogP contribution is 2.40. The third-order valence-corrected chi connectivity index (χ3v) is 5.69. The van der Waals surface area contributed by atoms with Crippen molar-refractivity contribution in [1.82, 2.24) is 5.32 Å². The summed E-state index contributed by atoms with van der Waals surface area (Å²) in [5.41, 5.74) is 3.25. The number of hydrogen-bond acceptors (Lipinski definition) is 4. The number of benzene rings is 1. The molecule has 0 saturated heterocycles. The van der Waals surface area contributed by atoms with Crippen LogP contribution in [0.25, 0.3) is 0 Å². The Morgan fingerprint density at radius 2 is 1.93 bits per heavy atom. The summed E-state index contributed by atoms with van der Waals surface area (Å²) in [4.78, 5) is 12.9. The lowest BCUT2D eigenvalue weighted by molar-refractivity contribution is -0.117. The molecule has 0 spiro atoms. The van der Waals surface area contributed by atoms with E-state index in [0.29, 0.717) is 17.7 Å². The third kappa shape index (κ3) is 3.70. The zero-order valence-electron chi connectivity index (χ0n) is 15.9. The molecular weight excluding hydrogens is 342 g/mol. The van der Waals surface area contributed by atoms with Crippen LogP contribution in [-0.4, -0.2) is 40.0 Å². The van der Waals surface area contributed by atoms with Gasteiger partial charge in [-0.1, -0.05) is 55.8 Å². The van der Waals surface area contributed by atoms with Crippen molar-refractivity contribution in [2.75, 3.05) is 6.54 Å². The molecule has 4 atom stereocenters. The number of carbonyl (C=O) groups is 1. The van der Waals surface area contributed by atoms with E-state index in [2.05, 4.69) is 5.32 Å². The van der Waals surface area contributed by atoms with E-state index >= 15 is 0 Å². The average Bonchev–Trinajstić information content (AvgIpc) is 2.67. The van der Waals surface area contributed by atoms with Crippen LogP contribution >= 0.6 is 0 Å². The molecule has 2 aliphatic carbocycles. The van der Waals surface area contributed by atoms with E-state index in [-0.39, 0.29) is 29.6 Å². The van der Waals surface area contributed by atoms with E-state index in [4.69, 9.17) is 0 Å². The van der Waals surface area contributed by atoms with Crippen LogP contribution in [0.15, 0.2) is 64.5 Å². The summed E-state index contributed by atoms with van der Waals surface area (Å²) in [5.74, 6) is -0.746. The standard InChI is InChI=1S/C22H27NO4/c1-12-9-16-17(20(25)14(12)3)10-18(24)21(26)19(16)22(27)23-11-13(2)15-7-5-4-6-8-15/h4-9,13-14,18,20,24-26H,10-11H2,1-3H3,(H,23,27)/t13-,14-,18-,20?/m1/s1. The first-order valence-electron chi connectivity index (χ1n) is 9.35. The highest BCUT2D eigenvalue weighted by Gasteiger charge is 2.37. The van der Waals surface area contributed by atoms with E-state index in [1.54, 1.807) is 0 Å². The SMILES string of the molecule is CC1=CC2=C(C[C@@H](O)C(O)=C2C(=O)NC[C@@H](C)c2ccccc2)C(O)[C@@H]1C. The molecule has 5 nitrogen and oxygen atoms in total. The Balaban J connectivity index is 1.84. The summed E-state index contributed by atoms with van der Waals surface area (Å²) in [6, 6.07) is 9.86. The fraction of sp³-hybridized carbons (Fsp3) is 0.409. The first-order chi connectivity index (χ1) is 12.8. The molecule has 1 amide bonds. The quantitative estimate of drug-likeness (QED) is 0.657. The summed E-state index contributed by atoms with van der Waals surface area (Å²) >= 11 is 0. The van der Waals surface area contributed by atoms with Crippen LogP contribution < -0.4 is 5.32 Å². The van der Waals surface area contributed by atoms with Crippen LogP contribution in [0.2, 0.25) is 0 Å². The fourth-order valence-corrected chi connectivity index (χ4v) is 3.71. The molecule has 0 heterocycles. The molecule has 3 rings (SSSR count). The average molecular weight is 369 g/mol. The monoisotopic (exact) mass is 369 g/mol. The smallest absolute Gasteiger partial charge is 0.255 e. The molecule has 4 N–H and O–H groups in total. The molecule has 0 saturated carbocycles. The first-order valence-corrected chi connectivity index (χ1v) is 9.35. The predicted molar refractivity (Wildman–Crippen MR) is 104 cm³/mol. The largest absolute Gasteiger partial charge is 0.509 e. The lowest BCUT2D eigenvalue weighted by atomic mass is 9.75. The van der Waals surface area contributed by atoms with Gasteiger partial charge in [-0.3, -0.25) is 4.79 Å². The van der Waals surface area contributed by atoms with Gasteiger partial charge in [-0.25, -0.2) is 0 Å². The zero-order chi connectivity index (χ0) is 19.7. The number of rotatable bonds is 4. The van der Waals surface area contributed by atoms with Gasteiger partial charge in [0, 0.05) is 18.9 Å². The van der Waals surface area contributed by atoms with Crippen molar-refractivity contribution in [3.8, 4) is 0 Å². The van der Waals surface area contributed by atoms with Gasteiger partial charge in [-0.05, 0) is 29.6 Å². The van der Waals surface area contributed by atoms with Crippen LogP contribution in [0.5, 0.6) is 0 Å². The van der Waals surface area contributed by atoms with E-state index in [1.807, 2.05) is 57.2 Å². The van der Waals surface area contributed by atoms with Gasteiger partial charge in [0.1, 0.15) is 11.9 Å². The lowest BCUT2D eigenvalue weighted by Crippen LogP contribution is -2.37. The number of aliphatic hydroxyl groups excluding tert-OH is 3. The maximum Gasteiger partial charge on any atom is 0.255 e. The number of aliphatic hydroxyl groups is 3. The van der Waals surface area contributed by atoms with Gasteiger partial charge in [0.25, 0.3) is 5.91 Å². The minimum Gasteiger partial charge on any atom is -0.509 e. The zero-order valence-corrected chi connectivity index (χ0v) is 15.9. The van der Waals surface area contributed by atoms with Gasteiger partial charge in [-0.2, -0.15) is 0 Å². The Hall–Kier alpha value is -2.37. The number of hydrogen-bond donors (Lipinski definition) is 4. The van der Waals surface area contributed by atoms with Gasteiger partial charge < -0.3 is 20.6 Å². The van der Waals surface area contributed by atoms with E-state index in [1.165, 1.54) is 0 Å². The molecule has 1 aromatic carbocycles. The molecule has 27 heavy (non-hydrogen) atoms. The summed E-state index contributed by atoms with van der Waals surface area (Å²) in [5, 5.41) is 34.0. The molecule has 0 fully saturated rings. The van der Waals surface area contributed by atoms with Crippen molar-refractivity contribution >= 4 is 5.91 Å². The minimum absolute atomic E-state index is 0.0642. The second kappa shape index (κ2) is 7.71. The van der Waals surface area contributed by atoms with Crippen LogP contribution in [-0.2, 0) is 4.79 Å². The van der Waals surface area contributed by atoms with Gasteiger partial charge in [0.05, 0.1) is 11.7 Å². The Morgan fingerprint density at radius 3 is 2.59 bits per heavy atom. The Morgan fingerprint density at radius 1 is 1.26 bits per heavy atom. The van der Waals surface area contributed by atoms with Gasteiger partial charge in [-0.15, -0.1) is 0 Å². The van der Waals surface area contributed by atoms with Crippen LogP contribution in [0.3, 0.4) is 0 Å². The Bertz CT molecular complexity index is 822. The molecule has 5 heteroatoms. The minimum atomic E-state index is -1.18. The summed E-state index contributed by atoms with van der Waals surface area (Å²) in [7, 11) is 0. The molecule has 144 valence electrons. The molecule has 0 aliphatic heterocycles. The first kappa shape index (κ1) is 19.4. The van der Waals surface area contributed by atoms with Crippen molar-refractivity contribution in [3.05, 3.63) is 70.0 Å². The maximum absolute atomic E-state index is 12.9. The van der Waals surface area contributed by atoms with Crippen molar-refractivity contribution in [2.24, 2.45) is 5.92 Å². The molecular formula is C22H27NO4. The van der Waals surface area contributed by atoms with Crippen LogP contribution in [0.1, 0.15) is 38.7 Å². The van der Waals surface area contributed by atoms with Gasteiger partial charge in [0.2, 0.25) is 0 Å². The summed E-state index contributed by atoms with van der Waals surface area (Å²) in [6.07, 6.45) is 0.0290. The van der Waals surface area contributed by atoms with Crippen molar-refractivity contribution in [2.45, 2.75) is 45.3 Å². The number of amides is 1. The number of allylic oxidation sites excluding steroid dienone is 1. The Kier molecular flexibility index (Phi) is 5.53. The topological polar surface area (TPSA) is 89.8 Å². The highest BCUT2D eigenvalue weighted by atomic mass is 16.3. The second-order valence-electron chi connectivity index (χ2n) is 7.56. The van der Waals surface area contributed by atoms with Gasteiger partial charge >= 0.3 is 0 Å². The number of nitrogens with one attached hydrogen (secondary N) is 1. The van der Waals surface area contributed by atoms with Crippen molar-refractivity contribution in [3.63, 3.8) is 0 Å². The fourth-order valence-electron chi connectivity index (χ4n) is 3.71. The summed E-state index contributed by atoms with van der Waals surface area (Å²) in [6.45, 7) is 6.22. The van der Waals surface area contributed by atoms with E-state index in [9.17, 15) is 20.1 Å². The third-order valence-electron chi connectivity index (χ3n) is 5.69. The van der Waals surface area contributed by atoms with Gasteiger partial charge in [0.15, 0.2) is 0 Å². The normalized spacial score (nSPS) is 26.4. The second-order valence-corrected chi connectivity index (χ2v) is 7.56. The van der Waals surface area contributed by atoms with Crippen molar-refractivity contribution in [1.29, 1.82) is 0 Å². The molecule has 0 bridgehead atoms. The van der Waals surface area contributed by atoms with Crippen LogP contribution in [0.4, 0.5) is 0 Å². The van der Waals surface area contributed by atoms with E-state index < -0.39 is 18.1 Å². The lowest BCUT2D eigenvalue weighted by Gasteiger charge is -2.34. The maximum atomic E-state index is 12.9. The Labute approximate surface area is 159 Å². The highest BCUT2D eigenvalue weighted by molar-refractivity contribution is 6.00. The number of carbonyl (C=O) groups excluding carboxylic acids is 1. The van der Waals surface area contributed by atoms with Crippen molar-refractivity contribution < 1.29 is 20.1 Å². The molecule has 1 aromatic rings. The van der Waals surface area contributed by atoms with Crippen LogP contribution in [0, 0.1) is 5.92 Å². The predicted octanol–water partition coefficient (Wildman–Crippen LogP) is 2.74. The molecule has 1 unspecified atom stereocenters. The molecule has 0 aromatic heterocycles. The summed E-state index contributed by atoms with van der Waals surface area (Å²) < 4.78 is 0.